The molecule has 0 saturated carbocycles. The third-order valence-electron chi connectivity index (χ3n) is 3.71. The topological polar surface area (TPSA) is 53.5 Å². The van der Waals surface area contributed by atoms with E-state index in [0.29, 0.717) is 13.1 Å². The van der Waals surface area contributed by atoms with Gasteiger partial charge in [0.15, 0.2) is 0 Å². The van der Waals surface area contributed by atoms with Crippen molar-refractivity contribution in [2.24, 2.45) is 0 Å². The first-order valence-corrected chi connectivity index (χ1v) is 6.92. The summed E-state index contributed by atoms with van der Waals surface area (Å²) in [6.07, 6.45) is -3.54. The lowest BCUT2D eigenvalue weighted by Crippen LogP contribution is -2.61. The Kier molecular flexibility index (Phi) is 4.72. The summed E-state index contributed by atoms with van der Waals surface area (Å²) < 4.78 is 37.8. The number of likely N-dealkylation sites (N-methyl/N-ethyl adjacent to an activating group) is 1. The quantitative estimate of drug-likeness (QED) is 0.788. The maximum Gasteiger partial charge on any atom is 0.433 e. The number of pyridine rings is 1. The second-order valence-electron chi connectivity index (χ2n) is 5.29. The average molecular weight is 327 g/mol. The van der Waals surface area contributed by atoms with Crippen LogP contribution in [0.2, 0.25) is 0 Å². The van der Waals surface area contributed by atoms with Crippen molar-refractivity contribution in [3.05, 3.63) is 42.2 Å². The summed E-state index contributed by atoms with van der Waals surface area (Å²) in [5.41, 5.74) is -0.940. The van der Waals surface area contributed by atoms with Gasteiger partial charge in [0, 0.05) is 20.1 Å². The molecule has 2 rings (SSSR count). The summed E-state index contributed by atoms with van der Waals surface area (Å²) >= 11 is 0. The number of aromatic nitrogens is 1. The number of amides is 2. The standard InChI is InChI=1S/C15H16F3N3O2/c1-3-13(22)20(2)11-8-21(9-11)14(23)7-10-5-4-6-12(19-10)15(16,17)18/h3-6,11H,1,7-9H2,2H3. The Bertz CT molecular complexity index is 625. The Morgan fingerprint density at radius 3 is 2.65 bits per heavy atom. The van der Waals surface area contributed by atoms with Gasteiger partial charge in [0.05, 0.1) is 18.2 Å². The van der Waals surface area contributed by atoms with E-state index in [1.54, 1.807) is 7.05 Å². The van der Waals surface area contributed by atoms with Gasteiger partial charge >= 0.3 is 6.18 Å². The lowest BCUT2D eigenvalue weighted by atomic mass is 10.1. The predicted molar refractivity (Wildman–Crippen MR) is 76.3 cm³/mol. The van der Waals surface area contributed by atoms with Crippen LogP contribution >= 0.6 is 0 Å². The van der Waals surface area contributed by atoms with E-state index in [-0.39, 0.29) is 30.0 Å². The number of halogens is 3. The summed E-state index contributed by atoms with van der Waals surface area (Å²) in [5.74, 6) is -0.547. The third kappa shape index (κ3) is 3.88. The van der Waals surface area contributed by atoms with Crippen molar-refractivity contribution in [3.8, 4) is 0 Å². The minimum absolute atomic E-state index is 0.0730. The van der Waals surface area contributed by atoms with Gasteiger partial charge < -0.3 is 9.80 Å². The maximum absolute atomic E-state index is 12.6. The van der Waals surface area contributed by atoms with Crippen LogP contribution in [-0.2, 0) is 22.2 Å². The second kappa shape index (κ2) is 6.39. The molecule has 2 amide bonds. The molecule has 1 aliphatic heterocycles. The maximum atomic E-state index is 12.6. The molecule has 1 fully saturated rings. The summed E-state index contributed by atoms with van der Waals surface area (Å²) in [6, 6.07) is 3.38. The van der Waals surface area contributed by atoms with Gasteiger partial charge in [-0.3, -0.25) is 9.59 Å². The third-order valence-corrected chi connectivity index (χ3v) is 3.71. The Labute approximate surface area is 131 Å². The molecule has 0 unspecified atom stereocenters. The molecule has 124 valence electrons. The van der Waals surface area contributed by atoms with Crippen molar-refractivity contribution in [1.82, 2.24) is 14.8 Å². The fourth-order valence-electron chi connectivity index (χ4n) is 2.23. The number of hydrogen-bond acceptors (Lipinski definition) is 3. The van der Waals surface area contributed by atoms with Crippen molar-refractivity contribution < 1.29 is 22.8 Å². The molecule has 0 radical (unpaired) electrons. The van der Waals surface area contributed by atoms with Gasteiger partial charge in [-0.2, -0.15) is 13.2 Å². The Morgan fingerprint density at radius 1 is 1.43 bits per heavy atom. The summed E-state index contributed by atoms with van der Waals surface area (Å²) in [5, 5.41) is 0. The van der Waals surface area contributed by atoms with Crippen LogP contribution in [0.4, 0.5) is 13.2 Å². The minimum Gasteiger partial charge on any atom is -0.338 e. The molecule has 1 aromatic rings. The van der Waals surface area contributed by atoms with Gasteiger partial charge in [-0.25, -0.2) is 4.98 Å². The molecular formula is C15H16F3N3O2. The van der Waals surface area contributed by atoms with Gasteiger partial charge in [-0.05, 0) is 18.2 Å². The lowest BCUT2D eigenvalue weighted by Gasteiger charge is -2.43. The number of rotatable bonds is 4. The van der Waals surface area contributed by atoms with Crippen LogP contribution in [0.3, 0.4) is 0 Å². The van der Waals surface area contributed by atoms with Gasteiger partial charge in [-0.1, -0.05) is 12.6 Å². The first-order chi connectivity index (χ1) is 10.7. The molecule has 2 heterocycles. The van der Waals surface area contributed by atoms with Crippen LogP contribution in [0, 0.1) is 0 Å². The molecule has 8 heteroatoms. The number of carbonyl (C=O) groups is 2. The van der Waals surface area contributed by atoms with Gasteiger partial charge in [-0.15, -0.1) is 0 Å². The Hall–Kier alpha value is -2.38. The molecule has 0 bridgehead atoms. The highest BCUT2D eigenvalue weighted by molar-refractivity contribution is 5.87. The summed E-state index contributed by atoms with van der Waals surface area (Å²) in [4.78, 5) is 29.9. The number of hydrogen-bond donors (Lipinski definition) is 0. The number of alkyl halides is 3. The molecule has 0 spiro atoms. The smallest absolute Gasteiger partial charge is 0.338 e. The van der Waals surface area contributed by atoms with Crippen molar-refractivity contribution >= 4 is 11.8 Å². The fourth-order valence-corrected chi connectivity index (χ4v) is 2.23. The minimum atomic E-state index is -4.53. The summed E-state index contributed by atoms with van der Waals surface area (Å²) in [6.45, 7) is 4.10. The van der Waals surface area contributed by atoms with E-state index in [1.807, 2.05) is 0 Å². The van der Waals surface area contributed by atoms with E-state index in [0.717, 1.165) is 6.07 Å². The van der Waals surface area contributed by atoms with Crippen molar-refractivity contribution in [2.75, 3.05) is 20.1 Å². The zero-order chi connectivity index (χ0) is 17.2. The van der Waals surface area contributed by atoms with E-state index >= 15 is 0 Å². The van der Waals surface area contributed by atoms with Crippen LogP contribution in [-0.4, -0.2) is 52.8 Å². The van der Waals surface area contributed by atoms with E-state index in [9.17, 15) is 22.8 Å². The molecule has 23 heavy (non-hydrogen) atoms. The highest BCUT2D eigenvalue weighted by Crippen LogP contribution is 2.27. The molecule has 0 aliphatic carbocycles. The average Bonchev–Trinajstić information content (AvgIpc) is 2.44. The van der Waals surface area contributed by atoms with E-state index < -0.39 is 11.9 Å². The fraction of sp³-hybridized carbons (Fsp3) is 0.400. The van der Waals surface area contributed by atoms with Crippen LogP contribution in [0.25, 0.3) is 0 Å². The number of likely N-dealkylation sites (tertiary alicyclic amines) is 1. The zero-order valence-electron chi connectivity index (χ0n) is 12.5. The van der Waals surface area contributed by atoms with Crippen LogP contribution in [0.5, 0.6) is 0 Å². The number of nitrogens with zero attached hydrogens (tertiary/aromatic N) is 3. The van der Waals surface area contributed by atoms with Crippen molar-refractivity contribution in [1.29, 1.82) is 0 Å². The van der Waals surface area contributed by atoms with E-state index in [2.05, 4.69) is 11.6 Å². The normalized spacial score (nSPS) is 15.0. The number of carbonyl (C=O) groups excluding carboxylic acids is 2. The molecule has 1 aliphatic rings. The van der Waals surface area contributed by atoms with Crippen LogP contribution in [0.1, 0.15) is 11.4 Å². The molecule has 0 aromatic carbocycles. The monoisotopic (exact) mass is 327 g/mol. The van der Waals surface area contributed by atoms with Crippen LogP contribution in [0.15, 0.2) is 30.9 Å². The summed E-state index contributed by atoms with van der Waals surface area (Å²) in [7, 11) is 1.62. The molecule has 0 N–H and O–H groups in total. The Morgan fingerprint density at radius 2 is 2.09 bits per heavy atom. The van der Waals surface area contributed by atoms with E-state index in [1.165, 1.54) is 28.0 Å². The van der Waals surface area contributed by atoms with Gasteiger partial charge in [0.25, 0.3) is 0 Å². The Balaban J connectivity index is 1.92. The highest BCUT2D eigenvalue weighted by Gasteiger charge is 2.35. The van der Waals surface area contributed by atoms with Crippen molar-refractivity contribution in [2.45, 2.75) is 18.6 Å². The van der Waals surface area contributed by atoms with Gasteiger partial charge in [0.2, 0.25) is 11.8 Å². The van der Waals surface area contributed by atoms with E-state index in [4.69, 9.17) is 0 Å². The molecule has 1 saturated heterocycles. The highest BCUT2D eigenvalue weighted by atomic mass is 19.4. The molecular weight excluding hydrogens is 311 g/mol. The van der Waals surface area contributed by atoms with Gasteiger partial charge in [0.1, 0.15) is 5.69 Å². The molecule has 0 atom stereocenters. The SMILES string of the molecule is C=CC(=O)N(C)C1CN(C(=O)Cc2cccc(C(F)(F)F)n2)C1. The van der Waals surface area contributed by atoms with Crippen LogP contribution < -0.4 is 0 Å². The largest absolute Gasteiger partial charge is 0.433 e. The van der Waals surface area contributed by atoms with Crippen molar-refractivity contribution in [3.63, 3.8) is 0 Å². The second-order valence-corrected chi connectivity index (χ2v) is 5.29. The first kappa shape index (κ1) is 17.0. The first-order valence-electron chi connectivity index (χ1n) is 6.92. The lowest BCUT2D eigenvalue weighted by molar-refractivity contribution is -0.143. The zero-order valence-corrected chi connectivity index (χ0v) is 12.5. The predicted octanol–water partition coefficient (Wildman–Crippen LogP) is 1.50. The molecule has 5 nitrogen and oxygen atoms in total. The molecule has 1 aromatic heterocycles.